The van der Waals surface area contributed by atoms with Crippen LogP contribution >= 0.6 is 0 Å². The summed E-state index contributed by atoms with van der Waals surface area (Å²) in [6.07, 6.45) is -0.801. The molecule has 158 valence electrons. The second-order valence-corrected chi connectivity index (χ2v) is 7.85. The molecule has 2 aliphatic heterocycles. The van der Waals surface area contributed by atoms with Gasteiger partial charge >= 0.3 is 12.1 Å². The third kappa shape index (κ3) is 3.58. The number of carboxylic acids is 1. The number of carboxylic acid groups (broad SMARTS) is 1. The van der Waals surface area contributed by atoms with Crippen molar-refractivity contribution in [1.82, 2.24) is 4.90 Å². The number of nitrogens with zero attached hydrogens (tertiary/aromatic N) is 1. The minimum absolute atomic E-state index is 0.0190. The first-order valence-corrected chi connectivity index (χ1v) is 9.75. The number of benzene rings is 2. The number of methoxy groups -OCH3 is 1. The van der Waals surface area contributed by atoms with E-state index in [9.17, 15) is 23.1 Å². The molecule has 1 saturated heterocycles. The minimum Gasteiger partial charge on any atom is -0.497 e. The van der Waals surface area contributed by atoms with E-state index in [0.717, 1.165) is 29.9 Å². The van der Waals surface area contributed by atoms with Gasteiger partial charge in [-0.25, -0.2) is 4.79 Å². The van der Waals surface area contributed by atoms with Gasteiger partial charge in [0.2, 0.25) is 0 Å². The fraction of sp³-hybridized carbons (Fsp3) is 0.348. The van der Waals surface area contributed by atoms with Crippen LogP contribution in [-0.4, -0.2) is 29.1 Å². The molecule has 0 amide bonds. The van der Waals surface area contributed by atoms with Crippen LogP contribution in [0.4, 0.5) is 13.2 Å². The third-order valence-electron chi connectivity index (χ3n) is 6.18. The van der Waals surface area contributed by atoms with Gasteiger partial charge in [-0.2, -0.15) is 13.2 Å². The van der Waals surface area contributed by atoms with Gasteiger partial charge in [-0.05, 0) is 60.7 Å². The Labute approximate surface area is 172 Å². The van der Waals surface area contributed by atoms with Gasteiger partial charge in [0.25, 0.3) is 0 Å². The van der Waals surface area contributed by atoms with Crippen molar-refractivity contribution in [2.45, 2.75) is 43.6 Å². The van der Waals surface area contributed by atoms with Crippen LogP contribution in [0.25, 0.3) is 0 Å². The summed E-state index contributed by atoms with van der Waals surface area (Å²) in [5, 5.41) is 9.60. The Morgan fingerprint density at radius 2 is 1.83 bits per heavy atom. The molecule has 0 radical (unpaired) electrons. The first-order chi connectivity index (χ1) is 14.2. The molecule has 2 unspecified atom stereocenters. The van der Waals surface area contributed by atoms with Gasteiger partial charge in [-0.3, -0.25) is 4.90 Å². The Morgan fingerprint density at radius 1 is 1.17 bits per heavy atom. The fourth-order valence-electron chi connectivity index (χ4n) is 4.67. The number of rotatable bonds is 5. The summed E-state index contributed by atoms with van der Waals surface area (Å²) < 4.78 is 44.3. The van der Waals surface area contributed by atoms with Crippen molar-refractivity contribution in [2.75, 3.05) is 7.11 Å². The molecule has 2 heterocycles. The highest BCUT2D eigenvalue weighted by molar-refractivity contribution is 5.87. The van der Waals surface area contributed by atoms with E-state index in [2.05, 4.69) is 4.90 Å². The molecule has 7 heteroatoms. The highest BCUT2D eigenvalue weighted by Crippen LogP contribution is 2.50. The summed E-state index contributed by atoms with van der Waals surface area (Å²) in [6, 6.07) is 12.8. The molecule has 2 aliphatic rings. The molecule has 1 fully saturated rings. The number of hydrogen-bond donors (Lipinski definition) is 1. The van der Waals surface area contributed by atoms with E-state index in [1.165, 1.54) is 12.1 Å². The van der Waals surface area contributed by atoms with Crippen molar-refractivity contribution in [1.29, 1.82) is 0 Å². The van der Waals surface area contributed by atoms with Gasteiger partial charge in [0.15, 0.2) is 0 Å². The normalized spacial score (nSPS) is 23.9. The number of alkyl halides is 3. The molecular weight excluding hydrogens is 395 g/mol. The Morgan fingerprint density at radius 3 is 2.40 bits per heavy atom. The van der Waals surface area contributed by atoms with Crippen LogP contribution in [0.5, 0.6) is 5.75 Å². The van der Waals surface area contributed by atoms with Crippen molar-refractivity contribution >= 4 is 5.97 Å². The maximum atomic E-state index is 13.0. The molecule has 2 aromatic carbocycles. The lowest BCUT2D eigenvalue weighted by Crippen LogP contribution is -2.47. The van der Waals surface area contributed by atoms with Gasteiger partial charge in [0.05, 0.1) is 18.2 Å². The zero-order chi connectivity index (χ0) is 21.5. The van der Waals surface area contributed by atoms with E-state index in [-0.39, 0.29) is 6.04 Å². The topological polar surface area (TPSA) is 49.8 Å². The SMILES string of the molecule is COc1ccc(CN2C3CCC2(c2ccc(C(F)(F)F)cc2)C=C(C(=O)O)C3)cc1. The lowest BCUT2D eigenvalue weighted by molar-refractivity contribution is -0.137. The Bertz CT molecular complexity index is 967. The Kier molecular flexibility index (Phi) is 5.10. The second kappa shape index (κ2) is 7.47. The molecule has 4 nitrogen and oxygen atoms in total. The fourth-order valence-corrected chi connectivity index (χ4v) is 4.67. The van der Waals surface area contributed by atoms with Crippen molar-refractivity contribution < 1.29 is 27.8 Å². The van der Waals surface area contributed by atoms with Crippen LogP contribution in [0.15, 0.2) is 60.2 Å². The number of hydrogen-bond acceptors (Lipinski definition) is 3. The summed E-state index contributed by atoms with van der Waals surface area (Å²) in [4.78, 5) is 13.9. The molecule has 2 aromatic rings. The average Bonchev–Trinajstić information content (AvgIpc) is 2.93. The van der Waals surface area contributed by atoms with Crippen LogP contribution in [0.2, 0.25) is 0 Å². The van der Waals surface area contributed by atoms with Gasteiger partial charge < -0.3 is 9.84 Å². The second-order valence-electron chi connectivity index (χ2n) is 7.85. The first-order valence-electron chi connectivity index (χ1n) is 9.75. The highest BCUT2D eigenvalue weighted by Gasteiger charge is 2.50. The predicted molar refractivity (Wildman–Crippen MR) is 105 cm³/mol. The van der Waals surface area contributed by atoms with E-state index >= 15 is 0 Å². The summed E-state index contributed by atoms with van der Waals surface area (Å²) >= 11 is 0. The monoisotopic (exact) mass is 417 g/mol. The summed E-state index contributed by atoms with van der Waals surface area (Å²) in [5.74, 6) is -0.229. The molecule has 2 bridgehead atoms. The van der Waals surface area contributed by atoms with E-state index in [0.29, 0.717) is 30.5 Å². The van der Waals surface area contributed by atoms with Crippen LogP contribution in [-0.2, 0) is 23.1 Å². The smallest absolute Gasteiger partial charge is 0.416 e. The number of aliphatic carboxylic acids is 1. The number of halogens is 3. The molecule has 0 aromatic heterocycles. The van der Waals surface area contributed by atoms with E-state index < -0.39 is 23.2 Å². The first kappa shape index (κ1) is 20.5. The highest BCUT2D eigenvalue weighted by atomic mass is 19.4. The zero-order valence-corrected chi connectivity index (χ0v) is 16.4. The van der Waals surface area contributed by atoms with Crippen molar-refractivity contribution in [3.8, 4) is 5.75 Å². The standard InChI is InChI=1S/C23H22F3NO3/c1-30-20-8-2-15(3-9-20)14-27-19-10-11-22(27,13-16(12-19)21(28)29)17-4-6-18(7-5-17)23(24,25)26/h2-9,13,19H,10-12,14H2,1H3,(H,28,29). The summed E-state index contributed by atoms with van der Waals surface area (Å²) in [7, 11) is 1.59. The Hall–Kier alpha value is -2.80. The van der Waals surface area contributed by atoms with Crippen molar-refractivity contribution in [3.63, 3.8) is 0 Å². The van der Waals surface area contributed by atoms with Crippen molar-refractivity contribution in [3.05, 3.63) is 76.9 Å². The lowest BCUT2D eigenvalue weighted by atomic mass is 9.83. The molecular formula is C23H22F3NO3. The maximum Gasteiger partial charge on any atom is 0.416 e. The van der Waals surface area contributed by atoms with Crippen molar-refractivity contribution in [2.24, 2.45) is 0 Å². The average molecular weight is 417 g/mol. The number of ether oxygens (including phenoxy) is 1. The van der Waals surface area contributed by atoms with Gasteiger partial charge in [-0.1, -0.05) is 24.3 Å². The molecule has 0 saturated carbocycles. The largest absolute Gasteiger partial charge is 0.497 e. The van der Waals surface area contributed by atoms with Crippen LogP contribution < -0.4 is 4.74 Å². The number of fused-ring (bicyclic) bond motifs is 2. The number of carbonyl (C=O) groups is 1. The van der Waals surface area contributed by atoms with Crippen LogP contribution in [0.1, 0.15) is 36.0 Å². The van der Waals surface area contributed by atoms with Gasteiger partial charge in [0.1, 0.15) is 5.75 Å². The quantitative estimate of drug-likeness (QED) is 0.745. The summed E-state index contributed by atoms with van der Waals surface area (Å²) in [5.41, 5.74) is 0.595. The van der Waals surface area contributed by atoms with E-state index in [1.807, 2.05) is 24.3 Å². The lowest BCUT2D eigenvalue weighted by Gasteiger charge is -2.43. The Balaban J connectivity index is 1.74. The molecule has 0 aliphatic carbocycles. The van der Waals surface area contributed by atoms with Crippen LogP contribution in [0, 0.1) is 0 Å². The van der Waals surface area contributed by atoms with Gasteiger partial charge in [-0.15, -0.1) is 0 Å². The predicted octanol–water partition coefficient (Wildman–Crippen LogP) is 4.99. The van der Waals surface area contributed by atoms with Gasteiger partial charge in [0, 0.05) is 18.2 Å². The van der Waals surface area contributed by atoms with E-state index in [1.54, 1.807) is 13.2 Å². The molecule has 4 rings (SSSR count). The molecule has 2 atom stereocenters. The summed E-state index contributed by atoms with van der Waals surface area (Å²) in [6.45, 7) is 0.569. The zero-order valence-electron chi connectivity index (χ0n) is 16.4. The minimum atomic E-state index is -4.41. The molecule has 30 heavy (non-hydrogen) atoms. The molecule has 0 spiro atoms. The third-order valence-corrected chi connectivity index (χ3v) is 6.18. The maximum absolute atomic E-state index is 13.0. The van der Waals surface area contributed by atoms with E-state index in [4.69, 9.17) is 4.74 Å². The van der Waals surface area contributed by atoms with Crippen LogP contribution in [0.3, 0.4) is 0 Å². The molecule has 1 N–H and O–H groups in total.